The molecule has 0 aromatic carbocycles. The molecule has 1 heteroatoms. The first-order chi connectivity index (χ1) is 6.11. The van der Waals surface area contributed by atoms with E-state index in [1.165, 1.54) is 25.7 Å². The third-order valence-electron chi connectivity index (χ3n) is 2.80. The van der Waals surface area contributed by atoms with Crippen LogP contribution in [0, 0.1) is 11.8 Å². The van der Waals surface area contributed by atoms with Crippen LogP contribution in [0.15, 0.2) is 0 Å². The molecule has 0 nitrogen and oxygen atoms in total. The van der Waals surface area contributed by atoms with Crippen molar-refractivity contribution in [2.75, 3.05) is 6.66 Å². The maximum Gasteiger partial charge on any atom is -0.0211 e. The highest BCUT2D eigenvalue weighted by Crippen LogP contribution is 2.31. The van der Waals surface area contributed by atoms with Gasteiger partial charge in [-0.3, -0.25) is 0 Å². The second kappa shape index (κ2) is 7.80. The molecule has 0 radical (unpaired) electrons. The van der Waals surface area contributed by atoms with Gasteiger partial charge in [-0.2, -0.15) is 0 Å². The van der Waals surface area contributed by atoms with Crippen molar-refractivity contribution >= 4 is 8.58 Å². The molecule has 0 saturated carbocycles. The van der Waals surface area contributed by atoms with Crippen LogP contribution in [0.3, 0.4) is 0 Å². The average molecular weight is 202 g/mol. The highest BCUT2D eigenvalue weighted by atomic mass is 31.1. The van der Waals surface area contributed by atoms with E-state index in [2.05, 4.69) is 34.4 Å². The van der Waals surface area contributed by atoms with Crippen LogP contribution in [0.4, 0.5) is 0 Å². The van der Waals surface area contributed by atoms with E-state index >= 15 is 0 Å². The maximum absolute atomic E-state index is 2.44. The van der Waals surface area contributed by atoms with Gasteiger partial charge in [0.15, 0.2) is 0 Å². The van der Waals surface area contributed by atoms with Crippen LogP contribution in [0.25, 0.3) is 0 Å². The van der Waals surface area contributed by atoms with Crippen molar-refractivity contribution in [1.82, 2.24) is 0 Å². The smallest absolute Gasteiger partial charge is 0.0211 e. The summed E-state index contributed by atoms with van der Waals surface area (Å²) in [5.74, 6) is 1.83. The molecule has 0 aliphatic heterocycles. The van der Waals surface area contributed by atoms with Crippen molar-refractivity contribution in [3.8, 4) is 0 Å². The van der Waals surface area contributed by atoms with Crippen molar-refractivity contribution in [3.63, 3.8) is 0 Å². The molecule has 0 fully saturated rings. The van der Waals surface area contributed by atoms with Gasteiger partial charge in [0.1, 0.15) is 0 Å². The maximum atomic E-state index is 2.44. The van der Waals surface area contributed by atoms with Gasteiger partial charge >= 0.3 is 0 Å². The van der Waals surface area contributed by atoms with Gasteiger partial charge in [-0.25, -0.2) is 0 Å². The first kappa shape index (κ1) is 13.4. The van der Waals surface area contributed by atoms with Gasteiger partial charge in [-0.05, 0) is 30.6 Å². The van der Waals surface area contributed by atoms with Crippen LogP contribution in [0.5, 0.6) is 0 Å². The highest BCUT2D eigenvalue weighted by molar-refractivity contribution is 7.37. The zero-order valence-corrected chi connectivity index (χ0v) is 11.1. The molecule has 0 aromatic rings. The standard InChI is InChI=1S/C12H27P/c1-6-7-8-11(4)12(13-5)9-10(2)3/h10-13H,6-9H2,1-5H3. The van der Waals surface area contributed by atoms with Crippen molar-refractivity contribution in [3.05, 3.63) is 0 Å². The van der Waals surface area contributed by atoms with E-state index in [-0.39, 0.29) is 0 Å². The minimum absolute atomic E-state index is 0.876. The quantitative estimate of drug-likeness (QED) is 0.532. The Kier molecular flexibility index (Phi) is 8.06. The van der Waals surface area contributed by atoms with E-state index in [9.17, 15) is 0 Å². The summed E-state index contributed by atoms with van der Waals surface area (Å²) in [6, 6.07) is 0. The molecule has 0 bridgehead atoms. The lowest BCUT2D eigenvalue weighted by molar-refractivity contribution is 0.428. The van der Waals surface area contributed by atoms with E-state index in [0.717, 1.165) is 26.1 Å². The average Bonchev–Trinajstić information content (AvgIpc) is 2.09. The molecule has 0 N–H and O–H groups in total. The highest BCUT2D eigenvalue weighted by Gasteiger charge is 2.15. The van der Waals surface area contributed by atoms with Gasteiger partial charge in [0.05, 0.1) is 0 Å². The second-order valence-corrected chi connectivity index (χ2v) is 5.96. The van der Waals surface area contributed by atoms with Gasteiger partial charge in [0, 0.05) is 0 Å². The first-order valence-electron chi connectivity index (χ1n) is 5.79. The summed E-state index contributed by atoms with van der Waals surface area (Å²) >= 11 is 0. The Morgan fingerprint density at radius 2 is 1.77 bits per heavy atom. The van der Waals surface area contributed by atoms with E-state index in [1.807, 2.05) is 0 Å². The van der Waals surface area contributed by atoms with Crippen LogP contribution in [0.1, 0.15) is 53.4 Å². The van der Waals surface area contributed by atoms with E-state index in [1.54, 1.807) is 0 Å². The van der Waals surface area contributed by atoms with E-state index < -0.39 is 0 Å². The normalized spacial score (nSPS) is 17.1. The van der Waals surface area contributed by atoms with Crippen LogP contribution in [-0.4, -0.2) is 12.3 Å². The van der Waals surface area contributed by atoms with E-state index in [4.69, 9.17) is 0 Å². The summed E-state index contributed by atoms with van der Waals surface area (Å²) in [5, 5.41) is 0. The Hall–Kier alpha value is 0.430. The third-order valence-corrected chi connectivity index (χ3v) is 4.34. The largest absolute Gasteiger partial charge is 0.122 e. The second-order valence-electron chi connectivity index (χ2n) is 4.64. The predicted molar refractivity (Wildman–Crippen MR) is 66.2 cm³/mol. The summed E-state index contributed by atoms with van der Waals surface area (Å²) < 4.78 is 0. The van der Waals surface area contributed by atoms with Crippen LogP contribution in [0.2, 0.25) is 0 Å². The minimum atomic E-state index is 0.876. The molecule has 0 aliphatic rings. The predicted octanol–water partition coefficient (Wildman–Crippen LogP) is 4.54. The Balaban J connectivity index is 3.77. The van der Waals surface area contributed by atoms with E-state index in [0.29, 0.717) is 0 Å². The van der Waals surface area contributed by atoms with Crippen molar-refractivity contribution < 1.29 is 0 Å². The molecule has 80 valence electrons. The zero-order valence-electron chi connectivity index (χ0n) is 10.1. The molecular weight excluding hydrogens is 175 g/mol. The van der Waals surface area contributed by atoms with Crippen molar-refractivity contribution in [1.29, 1.82) is 0 Å². The minimum Gasteiger partial charge on any atom is -0.122 e. The SMILES string of the molecule is CCCCC(C)C(CC(C)C)PC. The molecule has 0 heterocycles. The first-order valence-corrected chi connectivity index (χ1v) is 7.36. The van der Waals surface area contributed by atoms with Crippen LogP contribution in [-0.2, 0) is 0 Å². The van der Waals surface area contributed by atoms with Gasteiger partial charge in [0.2, 0.25) is 0 Å². The summed E-state index contributed by atoms with van der Waals surface area (Å²) in [6.07, 6.45) is 5.64. The number of hydrogen-bond donors (Lipinski definition) is 0. The molecule has 0 saturated heterocycles. The molecule has 0 aliphatic carbocycles. The fraction of sp³-hybridized carbons (Fsp3) is 1.00. The summed E-state index contributed by atoms with van der Waals surface area (Å²) in [7, 11) is 1.13. The lowest BCUT2D eigenvalue weighted by Crippen LogP contribution is -2.15. The Bertz CT molecular complexity index is 110. The van der Waals surface area contributed by atoms with Crippen molar-refractivity contribution in [2.45, 2.75) is 59.0 Å². The molecule has 13 heavy (non-hydrogen) atoms. The topological polar surface area (TPSA) is 0 Å². The summed E-state index contributed by atoms with van der Waals surface area (Å²) in [6.45, 7) is 11.8. The fourth-order valence-corrected chi connectivity index (χ4v) is 3.31. The summed E-state index contributed by atoms with van der Waals surface area (Å²) in [4.78, 5) is 0. The monoisotopic (exact) mass is 202 g/mol. The molecule has 0 rings (SSSR count). The van der Waals surface area contributed by atoms with Crippen LogP contribution >= 0.6 is 8.58 Å². The zero-order chi connectivity index (χ0) is 10.3. The van der Waals surface area contributed by atoms with Crippen LogP contribution < -0.4 is 0 Å². The third kappa shape index (κ3) is 6.49. The number of rotatable bonds is 7. The lowest BCUT2D eigenvalue weighted by Gasteiger charge is -2.24. The molecule has 0 amide bonds. The molecule has 0 spiro atoms. The fourth-order valence-electron chi connectivity index (χ4n) is 1.87. The molecule has 3 atom stereocenters. The lowest BCUT2D eigenvalue weighted by atomic mass is 9.94. The van der Waals surface area contributed by atoms with Gasteiger partial charge in [-0.15, -0.1) is 8.58 Å². The van der Waals surface area contributed by atoms with Gasteiger partial charge < -0.3 is 0 Å². The van der Waals surface area contributed by atoms with Gasteiger partial charge in [0.25, 0.3) is 0 Å². The number of unbranched alkanes of at least 4 members (excludes halogenated alkanes) is 1. The summed E-state index contributed by atoms with van der Waals surface area (Å²) in [5.41, 5.74) is 0.992. The van der Waals surface area contributed by atoms with Crippen molar-refractivity contribution in [2.24, 2.45) is 11.8 Å². The number of hydrogen-bond acceptors (Lipinski definition) is 0. The molecule has 3 unspecified atom stereocenters. The molecule has 0 aromatic heterocycles. The van der Waals surface area contributed by atoms with Gasteiger partial charge in [-0.1, -0.05) is 47.0 Å². The Morgan fingerprint density at radius 3 is 2.15 bits per heavy atom. The Labute approximate surface area is 86.7 Å². The molecular formula is C12H27P. The Morgan fingerprint density at radius 1 is 1.15 bits per heavy atom.